The van der Waals surface area contributed by atoms with Crippen LogP contribution in [-0.4, -0.2) is 0 Å². The molecule has 0 aliphatic carbocycles. The maximum atomic E-state index is 8.51. The fourth-order valence-corrected chi connectivity index (χ4v) is 0. The van der Waals surface area contributed by atoms with Crippen molar-refractivity contribution >= 4 is 0 Å². The molecule has 0 heterocycles. The SMILES string of the molecule is N.N.N.N.[Cl-].[Cl-].[O]=[Os+2]=[O]. The fraction of sp³-hybridized carbons (Fsp3) is 0. The van der Waals surface area contributed by atoms with Gasteiger partial charge in [-0.3, -0.25) is 0 Å². The Morgan fingerprint density at radius 2 is 0.667 bits per heavy atom. The zero-order valence-electron chi connectivity index (χ0n) is 4.75. The summed E-state index contributed by atoms with van der Waals surface area (Å²) >= 11 is -2.08. The molecule has 66 valence electrons. The van der Waals surface area contributed by atoms with Crippen molar-refractivity contribution in [1.82, 2.24) is 24.6 Å². The molecule has 0 saturated heterocycles. The molecule has 0 radical (unpaired) electrons. The average Bonchev–Trinajstić information content (AvgIpc) is 0.918. The van der Waals surface area contributed by atoms with Gasteiger partial charge in [-0.2, -0.15) is 0 Å². The van der Waals surface area contributed by atoms with Crippen molar-refractivity contribution < 1.29 is 49.2 Å². The molecule has 0 saturated carbocycles. The van der Waals surface area contributed by atoms with Crippen molar-refractivity contribution in [2.24, 2.45) is 0 Å². The fourth-order valence-electron chi connectivity index (χ4n) is 0. The van der Waals surface area contributed by atoms with E-state index in [4.69, 9.17) is 7.08 Å². The summed E-state index contributed by atoms with van der Waals surface area (Å²) in [6, 6.07) is 0. The summed E-state index contributed by atoms with van der Waals surface area (Å²) in [5.41, 5.74) is 0. The first kappa shape index (κ1) is 103. The molecule has 0 unspecified atom stereocenters. The second kappa shape index (κ2) is 185. The molecular formula is H12Cl2N4O2Os. The molecule has 0 spiro atoms. The predicted molar refractivity (Wildman–Crippen MR) is 21.5 cm³/mol. The van der Waals surface area contributed by atoms with Gasteiger partial charge in [0.05, 0.1) is 0 Å². The van der Waals surface area contributed by atoms with Crippen LogP contribution < -0.4 is 49.4 Å². The van der Waals surface area contributed by atoms with Gasteiger partial charge in [-0.1, -0.05) is 0 Å². The van der Waals surface area contributed by atoms with Gasteiger partial charge < -0.3 is 49.4 Å². The zero-order chi connectivity index (χ0) is 2.71. The average molecular weight is 361 g/mol. The van der Waals surface area contributed by atoms with E-state index in [9.17, 15) is 0 Å². The Morgan fingerprint density at radius 1 is 0.667 bits per heavy atom. The molecule has 0 amide bonds. The van der Waals surface area contributed by atoms with Gasteiger partial charge in [0.25, 0.3) is 0 Å². The molecule has 0 fully saturated rings. The summed E-state index contributed by atoms with van der Waals surface area (Å²) in [5, 5.41) is 0. The quantitative estimate of drug-likeness (QED) is 0.335. The zero-order valence-corrected chi connectivity index (χ0v) is 8.81. The molecule has 6 nitrogen and oxygen atoms in total. The van der Waals surface area contributed by atoms with Gasteiger partial charge >= 0.3 is 24.4 Å². The second-order valence-electron chi connectivity index (χ2n) is 0.0589. The van der Waals surface area contributed by atoms with Crippen LogP contribution in [0.25, 0.3) is 0 Å². The van der Waals surface area contributed by atoms with E-state index in [2.05, 4.69) is 0 Å². The Kier molecular flexibility index (Phi) is 2110. The summed E-state index contributed by atoms with van der Waals surface area (Å²) in [6.45, 7) is 0. The second-order valence-corrected chi connectivity index (χ2v) is 0.482. The van der Waals surface area contributed by atoms with E-state index in [1.165, 1.54) is 0 Å². The summed E-state index contributed by atoms with van der Waals surface area (Å²) in [7, 11) is 0. The van der Waals surface area contributed by atoms with Gasteiger partial charge in [-0.25, -0.2) is 0 Å². The molecule has 0 aliphatic rings. The monoisotopic (exact) mass is 362 g/mol. The summed E-state index contributed by atoms with van der Waals surface area (Å²) < 4.78 is 17.0. The number of halogens is 2. The Balaban J connectivity index is -0.00000000133. The van der Waals surface area contributed by atoms with E-state index in [0.717, 1.165) is 0 Å². The van der Waals surface area contributed by atoms with Crippen molar-refractivity contribution in [2.45, 2.75) is 0 Å². The van der Waals surface area contributed by atoms with Crippen molar-refractivity contribution in [1.29, 1.82) is 0 Å². The first-order valence-electron chi connectivity index (χ1n) is 0.289. The minimum atomic E-state index is -2.08. The number of hydrogen-bond donors (Lipinski definition) is 4. The molecule has 0 aromatic heterocycles. The van der Waals surface area contributed by atoms with Crippen LogP contribution in [0.15, 0.2) is 0 Å². The van der Waals surface area contributed by atoms with E-state index in [1.807, 2.05) is 0 Å². The van der Waals surface area contributed by atoms with Crippen LogP contribution in [0.2, 0.25) is 0 Å². The van der Waals surface area contributed by atoms with Gasteiger partial charge in [0.1, 0.15) is 0 Å². The van der Waals surface area contributed by atoms with E-state index < -0.39 is 17.3 Å². The molecule has 12 N–H and O–H groups in total. The van der Waals surface area contributed by atoms with Crippen molar-refractivity contribution in [2.75, 3.05) is 0 Å². The first-order chi connectivity index (χ1) is 1.41. The molecule has 0 aromatic carbocycles. The molecule has 0 aliphatic heterocycles. The van der Waals surface area contributed by atoms with Crippen LogP contribution in [0, 0.1) is 0 Å². The van der Waals surface area contributed by atoms with E-state index in [-0.39, 0.29) is 49.4 Å². The van der Waals surface area contributed by atoms with Gasteiger partial charge in [0, 0.05) is 0 Å². The van der Waals surface area contributed by atoms with E-state index >= 15 is 0 Å². The standard InChI is InChI=1S/2ClH.4H3N.2O.Os/h2*1H;4*1H3;;;/q;;;;;;;;+2/p-2. The van der Waals surface area contributed by atoms with Crippen LogP contribution in [-0.2, 0) is 24.4 Å². The van der Waals surface area contributed by atoms with Crippen LogP contribution in [0.5, 0.6) is 0 Å². The van der Waals surface area contributed by atoms with E-state index in [1.54, 1.807) is 0 Å². The van der Waals surface area contributed by atoms with Gasteiger partial charge in [-0.15, -0.1) is 0 Å². The summed E-state index contributed by atoms with van der Waals surface area (Å²) in [5.74, 6) is 0. The first-order valence-corrected chi connectivity index (χ1v) is 2.36. The Morgan fingerprint density at radius 3 is 0.667 bits per heavy atom. The Labute approximate surface area is 74.0 Å². The molecule has 9 heavy (non-hydrogen) atoms. The third-order valence-corrected chi connectivity index (χ3v) is 0. The maximum absolute atomic E-state index is 8.51. The minimum absolute atomic E-state index is 0. The van der Waals surface area contributed by atoms with E-state index in [0.29, 0.717) is 0 Å². The summed E-state index contributed by atoms with van der Waals surface area (Å²) in [6.07, 6.45) is 0. The van der Waals surface area contributed by atoms with Gasteiger partial charge in [0.15, 0.2) is 0 Å². The molecule has 0 bridgehead atoms. The number of hydrogen-bond acceptors (Lipinski definition) is 6. The summed E-state index contributed by atoms with van der Waals surface area (Å²) in [4.78, 5) is 0. The molecular weight excluding hydrogens is 349 g/mol. The Bertz CT molecular complexity index is 37.5. The Hall–Kier alpha value is 0.656. The van der Waals surface area contributed by atoms with Gasteiger partial charge in [0.2, 0.25) is 0 Å². The van der Waals surface area contributed by atoms with Crippen LogP contribution in [0.3, 0.4) is 0 Å². The van der Waals surface area contributed by atoms with Crippen molar-refractivity contribution in [3.8, 4) is 0 Å². The topological polar surface area (TPSA) is 174 Å². The third kappa shape index (κ3) is 890. The molecule has 0 atom stereocenters. The third-order valence-electron chi connectivity index (χ3n) is 0. The molecule has 9 heteroatoms. The van der Waals surface area contributed by atoms with Crippen LogP contribution in [0.4, 0.5) is 0 Å². The molecule has 0 aromatic rings. The van der Waals surface area contributed by atoms with Crippen molar-refractivity contribution in [3.63, 3.8) is 0 Å². The van der Waals surface area contributed by atoms with Gasteiger partial charge in [-0.05, 0) is 0 Å². The predicted octanol–water partition coefficient (Wildman–Crippen LogP) is -5.58. The van der Waals surface area contributed by atoms with Crippen molar-refractivity contribution in [3.05, 3.63) is 0 Å². The molecule has 0 rings (SSSR count). The number of rotatable bonds is 0. The van der Waals surface area contributed by atoms with Crippen LogP contribution >= 0.6 is 0 Å². The normalized spacial score (nSPS) is 1.33. The van der Waals surface area contributed by atoms with Crippen LogP contribution in [0.1, 0.15) is 0 Å².